The van der Waals surface area contributed by atoms with Crippen molar-refractivity contribution in [1.29, 1.82) is 0 Å². The third-order valence-electron chi connectivity index (χ3n) is 2.19. The molecule has 3 unspecified atom stereocenters. The highest BCUT2D eigenvalue weighted by atomic mass is 35.5. The molecule has 0 N–H and O–H groups in total. The second-order valence-corrected chi connectivity index (χ2v) is 3.13. The van der Waals surface area contributed by atoms with Crippen molar-refractivity contribution in [1.82, 2.24) is 0 Å². The molecular formula is C7H7ClO. The zero-order valence-electron chi connectivity index (χ0n) is 4.88. The molecule has 3 atom stereocenters. The summed E-state index contributed by atoms with van der Waals surface area (Å²) >= 11 is 5.71. The van der Waals surface area contributed by atoms with E-state index in [2.05, 4.69) is 6.08 Å². The molecule has 0 aromatic rings. The molecule has 2 rings (SSSR count). The summed E-state index contributed by atoms with van der Waals surface area (Å²) in [5, 5.41) is -0.176. The molecule has 1 saturated carbocycles. The first-order chi connectivity index (χ1) is 4.30. The first-order valence-electron chi connectivity index (χ1n) is 3.15. The summed E-state index contributed by atoms with van der Waals surface area (Å²) in [7, 11) is 0. The maximum atomic E-state index is 10.9. The van der Waals surface area contributed by atoms with Crippen molar-refractivity contribution >= 4 is 17.4 Å². The number of hydrogen-bond acceptors (Lipinski definition) is 1. The summed E-state index contributed by atoms with van der Waals surface area (Å²) in [6.07, 6.45) is 5.03. The van der Waals surface area contributed by atoms with Gasteiger partial charge in [-0.05, 0) is 12.3 Å². The van der Waals surface area contributed by atoms with Gasteiger partial charge < -0.3 is 0 Å². The maximum absolute atomic E-state index is 10.9. The second-order valence-electron chi connectivity index (χ2n) is 2.66. The number of allylic oxidation sites excluding steroid dienone is 2. The van der Waals surface area contributed by atoms with Gasteiger partial charge in [0.05, 0.1) is 5.38 Å². The number of fused-ring (bicyclic) bond motifs is 1. The fourth-order valence-corrected chi connectivity index (χ4v) is 1.96. The quantitative estimate of drug-likeness (QED) is 0.369. The Kier molecular flexibility index (Phi) is 0.974. The third kappa shape index (κ3) is 0.531. The molecule has 2 aliphatic rings. The van der Waals surface area contributed by atoms with Crippen molar-refractivity contribution in [3.8, 4) is 0 Å². The Hall–Kier alpha value is -0.300. The Labute approximate surface area is 58.7 Å². The predicted octanol–water partition coefficient (Wildman–Crippen LogP) is 1.37. The molecule has 0 amide bonds. The smallest absolute Gasteiger partial charge is 0.158 e. The molecule has 2 heteroatoms. The summed E-state index contributed by atoms with van der Waals surface area (Å²) in [5.74, 6) is 0.849. The van der Waals surface area contributed by atoms with Crippen LogP contribution in [0.2, 0.25) is 0 Å². The van der Waals surface area contributed by atoms with E-state index in [0.29, 0.717) is 5.92 Å². The molecule has 0 bridgehead atoms. The highest BCUT2D eigenvalue weighted by Gasteiger charge is 2.48. The summed E-state index contributed by atoms with van der Waals surface area (Å²) in [6.45, 7) is 0. The summed E-state index contributed by atoms with van der Waals surface area (Å²) < 4.78 is 0. The highest BCUT2D eigenvalue weighted by Crippen LogP contribution is 2.42. The van der Waals surface area contributed by atoms with Gasteiger partial charge in [0.2, 0.25) is 0 Å². The van der Waals surface area contributed by atoms with Crippen molar-refractivity contribution in [2.24, 2.45) is 11.8 Å². The van der Waals surface area contributed by atoms with Crippen LogP contribution in [-0.2, 0) is 4.79 Å². The molecule has 0 spiro atoms. The number of alkyl halides is 1. The van der Waals surface area contributed by atoms with Gasteiger partial charge in [0, 0.05) is 5.92 Å². The lowest BCUT2D eigenvalue weighted by atomic mass is 9.74. The average Bonchev–Trinajstić information content (AvgIpc) is 2.30. The number of carbonyl (C=O) groups is 1. The largest absolute Gasteiger partial charge is 0.297 e. The minimum absolute atomic E-state index is 0.176. The van der Waals surface area contributed by atoms with E-state index in [1.807, 2.05) is 6.08 Å². The molecule has 0 aromatic heterocycles. The van der Waals surface area contributed by atoms with Gasteiger partial charge in [0.15, 0.2) is 5.78 Å². The lowest BCUT2D eigenvalue weighted by Gasteiger charge is -2.33. The van der Waals surface area contributed by atoms with Crippen molar-refractivity contribution in [2.45, 2.75) is 11.8 Å². The molecule has 2 aliphatic carbocycles. The van der Waals surface area contributed by atoms with Crippen LogP contribution in [0.1, 0.15) is 6.42 Å². The fourth-order valence-electron chi connectivity index (χ4n) is 1.56. The van der Waals surface area contributed by atoms with Crippen LogP contribution in [-0.4, -0.2) is 11.2 Å². The SMILES string of the molecule is O=C1C(Cl)C2CC=CC12. The molecule has 1 fully saturated rings. The van der Waals surface area contributed by atoms with Crippen molar-refractivity contribution in [3.05, 3.63) is 12.2 Å². The van der Waals surface area contributed by atoms with Crippen LogP contribution in [0.4, 0.5) is 0 Å². The average molecular weight is 143 g/mol. The summed E-state index contributed by atoms with van der Waals surface area (Å²) in [4.78, 5) is 10.9. The zero-order valence-corrected chi connectivity index (χ0v) is 5.64. The van der Waals surface area contributed by atoms with Crippen LogP contribution in [0, 0.1) is 11.8 Å². The van der Waals surface area contributed by atoms with Gasteiger partial charge in [-0.25, -0.2) is 0 Å². The molecular weight excluding hydrogens is 136 g/mol. The Morgan fingerprint density at radius 2 is 2.44 bits per heavy atom. The van der Waals surface area contributed by atoms with E-state index in [1.165, 1.54) is 0 Å². The molecule has 9 heavy (non-hydrogen) atoms. The molecule has 0 aliphatic heterocycles. The monoisotopic (exact) mass is 142 g/mol. The second kappa shape index (κ2) is 1.60. The van der Waals surface area contributed by atoms with E-state index >= 15 is 0 Å². The van der Waals surface area contributed by atoms with Gasteiger partial charge in [0.1, 0.15) is 0 Å². The first kappa shape index (κ1) is 5.48. The van der Waals surface area contributed by atoms with Crippen molar-refractivity contribution < 1.29 is 4.79 Å². The number of hydrogen-bond donors (Lipinski definition) is 0. The van der Waals surface area contributed by atoms with Gasteiger partial charge in [0.25, 0.3) is 0 Å². The minimum Gasteiger partial charge on any atom is -0.297 e. The number of halogens is 1. The van der Waals surface area contributed by atoms with Crippen molar-refractivity contribution in [3.63, 3.8) is 0 Å². The van der Waals surface area contributed by atoms with E-state index in [0.717, 1.165) is 6.42 Å². The van der Waals surface area contributed by atoms with E-state index in [-0.39, 0.29) is 17.1 Å². The third-order valence-corrected chi connectivity index (χ3v) is 2.73. The summed E-state index contributed by atoms with van der Waals surface area (Å²) in [6, 6.07) is 0. The number of ketones is 1. The first-order valence-corrected chi connectivity index (χ1v) is 3.59. The van der Waals surface area contributed by atoms with Crippen molar-refractivity contribution in [2.75, 3.05) is 0 Å². The van der Waals surface area contributed by atoms with Gasteiger partial charge in [-0.15, -0.1) is 11.6 Å². The maximum Gasteiger partial charge on any atom is 0.158 e. The molecule has 0 heterocycles. The highest BCUT2D eigenvalue weighted by molar-refractivity contribution is 6.34. The van der Waals surface area contributed by atoms with Crippen LogP contribution < -0.4 is 0 Å². The minimum atomic E-state index is -0.176. The number of rotatable bonds is 0. The van der Waals surface area contributed by atoms with Gasteiger partial charge >= 0.3 is 0 Å². The Morgan fingerprint density at radius 1 is 1.67 bits per heavy atom. The van der Waals surface area contributed by atoms with Crippen LogP contribution in [0.3, 0.4) is 0 Å². The summed E-state index contributed by atoms with van der Waals surface area (Å²) in [5.41, 5.74) is 0. The molecule has 0 saturated heterocycles. The van der Waals surface area contributed by atoms with Gasteiger partial charge in [-0.3, -0.25) is 4.79 Å². The predicted molar refractivity (Wildman–Crippen MR) is 35.4 cm³/mol. The van der Waals surface area contributed by atoms with E-state index in [1.54, 1.807) is 0 Å². The van der Waals surface area contributed by atoms with E-state index < -0.39 is 0 Å². The molecule has 0 radical (unpaired) electrons. The number of carbonyl (C=O) groups excluding carboxylic acids is 1. The van der Waals surface area contributed by atoms with E-state index in [9.17, 15) is 4.79 Å². The van der Waals surface area contributed by atoms with Gasteiger partial charge in [-0.1, -0.05) is 12.2 Å². The van der Waals surface area contributed by atoms with Gasteiger partial charge in [-0.2, -0.15) is 0 Å². The lowest BCUT2D eigenvalue weighted by Crippen LogP contribution is -2.45. The van der Waals surface area contributed by atoms with E-state index in [4.69, 9.17) is 11.6 Å². The van der Waals surface area contributed by atoms with Crippen LogP contribution >= 0.6 is 11.6 Å². The van der Waals surface area contributed by atoms with Crippen LogP contribution in [0.5, 0.6) is 0 Å². The van der Waals surface area contributed by atoms with Crippen LogP contribution in [0.15, 0.2) is 12.2 Å². The normalized spacial score (nSPS) is 46.8. The standard InChI is InChI=1S/C7H7ClO/c8-6-4-2-1-3-5(4)7(6)9/h1,3-6H,2H2. The topological polar surface area (TPSA) is 17.1 Å². The lowest BCUT2D eigenvalue weighted by molar-refractivity contribution is -0.130. The fraction of sp³-hybridized carbons (Fsp3) is 0.571. The molecule has 0 aromatic carbocycles. The zero-order chi connectivity index (χ0) is 6.43. The Morgan fingerprint density at radius 3 is 3.11 bits per heavy atom. The Balaban J connectivity index is 2.21. The Bertz CT molecular complexity index is 185. The molecule has 1 nitrogen and oxygen atoms in total. The number of Topliss-reactive ketones (excluding diaryl/α,β-unsaturated/α-hetero) is 1. The van der Waals surface area contributed by atoms with Crippen LogP contribution in [0.25, 0.3) is 0 Å². The molecule has 48 valence electrons.